The number of halogens is 1. The minimum Gasteiger partial charge on any atom is -0.477 e. The molecule has 1 N–H and O–H groups in total. The molecule has 4 nitrogen and oxygen atoms in total. The third-order valence-corrected chi connectivity index (χ3v) is 2.89. The van der Waals surface area contributed by atoms with E-state index < -0.39 is 11.8 Å². The Morgan fingerprint density at radius 3 is 2.88 bits per heavy atom. The van der Waals surface area contributed by atoms with Gasteiger partial charge in [0, 0.05) is 12.1 Å². The molecule has 0 aromatic carbocycles. The number of carboxylic acids is 1. The normalized spacial score (nSPS) is 12.9. The highest BCUT2D eigenvalue weighted by molar-refractivity contribution is 5.88. The van der Waals surface area contributed by atoms with Crippen molar-refractivity contribution in [3.05, 3.63) is 35.5 Å². The van der Waals surface area contributed by atoms with E-state index in [0.717, 1.165) is 12.6 Å². The number of aromatic carboxylic acids is 1. The van der Waals surface area contributed by atoms with Crippen molar-refractivity contribution in [1.29, 1.82) is 0 Å². The summed E-state index contributed by atoms with van der Waals surface area (Å²) in [6.45, 7) is 3.87. The van der Waals surface area contributed by atoms with Gasteiger partial charge in [-0.1, -0.05) is 13.8 Å². The van der Waals surface area contributed by atoms with E-state index in [9.17, 15) is 14.3 Å². The van der Waals surface area contributed by atoms with Crippen LogP contribution in [0.25, 0.3) is 5.65 Å². The molecule has 0 amide bonds. The standard InChI is InChI=1S/C12H13FN2O2/c1-3-7(2)10-11(12(16)17)15-6-8(13)4-5-9(15)14-10/h4-7H,3H2,1-2H3,(H,16,17). The Labute approximate surface area is 97.7 Å². The molecule has 0 spiro atoms. The van der Waals surface area contributed by atoms with Gasteiger partial charge in [-0.15, -0.1) is 0 Å². The Bertz CT molecular complexity index is 577. The van der Waals surface area contributed by atoms with Crippen molar-refractivity contribution < 1.29 is 14.3 Å². The lowest BCUT2D eigenvalue weighted by Gasteiger charge is -2.05. The molecule has 0 saturated carbocycles. The maximum absolute atomic E-state index is 13.1. The highest BCUT2D eigenvalue weighted by Crippen LogP contribution is 2.23. The molecule has 1 atom stereocenters. The van der Waals surface area contributed by atoms with Gasteiger partial charge in [0.2, 0.25) is 0 Å². The van der Waals surface area contributed by atoms with Crippen LogP contribution in [0, 0.1) is 5.82 Å². The number of nitrogens with zero attached hydrogens (tertiary/aromatic N) is 2. The van der Waals surface area contributed by atoms with Crippen LogP contribution in [0.4, 0.5) is 4.39 Å². The van der Waals surface area contributed by atoms with Crippen molar-refractivity contribution in [3.8, 4) is 0 Å². The number of aromatic nitrogens is 2. The number of hydrogen-bond acceptors (Lipinski definition) is 2. The molecule has 2 heterocycles. The fourth-order valence-electron chi connectivity index (χ4n) is 1.79. The maximum atomic E-state index is 13.1. The zero-order valence-electron chi connectivity index (χ0n) is 9.64. The van der Waals surface area contributed by atoms with Gasteiger partial charge in [-0.2, -0.15) is 0 Å². The zero-order valence-corrected chi connectivity index (χ0v) is 9.64. The summed E-state index contributed by atoms with van der Waals surface area (Å²) in [5.74, 6) is -1.53. The van der Waals surface area contributed by atoms with Gasteiger partial charge in [0.1, 0.15) is 11.5 Å². The molecule has 5 heteroatoms. The number of pyridine rings is 1. The van der Waals surface area contributed by atoms with Crippen LogP contribution >= 0.6 is 0 Å². The monoisotopic (exact) mass is 236 g/mol. The number of fused-ring (bicyclic) bond motifs is 1. The number of rotatable bonds is 3. The van der Waals surface area contributed by atoms with Crippen LogP contribution < -0.4 is 0 Å². The topological polar surface area (TPSA) is 54.6 Å². The SMILES string of the molecule is CCC(C)c1nc2ccc(F)cn2c1C(=O)O. The van der Waals surface area contributed by atoms with Crippen molar-refractivity contribution in [1.82, 2.24) is 9.38 Å². The first-order valence-corrected chi connectivity index (χ1v) is 5.45. The summed E-state index contributed by atoms with van der Waals surface area (Å²) in [5, 5.41) is 9.20. The number of imidazole rings is 1. The van der Waals surface area contributed by atoms with Crippen LogP contribution in [0.15, 0.2) is 18.3 Å². The lowest BCUT2D eigenvalue weighted by atomic mass is 10.0. The minimum absolute atomic E-state index is 0.0315. The van der Waals surface area contributed by atoms with E-state index >= 15 is 0 Å². The van der Waals surface area contributed by atoms with E-state index in [1.807, 2.05) is 13.8 Å². The van der Waals surface area contributed by atoms with Crippen LogP contribution in [-0.4, -0.2) is 20.5 Å². The van der Waals surface area contributed by atoms with Crippen LogP contribution in [0.3, 0.4) is 0 Å². The Hall–Kier alpha value is -1.91. The summed E-state index contributed by atoms with van der Waals surface area (Å²) in [5.41, 5.74) is 1.01. The third-order valence-electron chi connectivity index (χ3n) is 2.89. The molecule has 0 bridgehead atoms. The molecule has 2 aromatic rings. The van der Waals surface area contributed by atoms with Gasteiger partial charge in [0.05, 0.1) is 5.69 Å². The first-order valence-electron chi connectivity index (χ1n) is 5.45. The van der Waals surface area contributed by atoms with Crippen molar-refractivity contribution in [2.45, 2.75) is 26.2 Å². The summed E-state index contributed by atoms with van der Waals surface area (Å²) in [6.07, 6.45) is 1.93. The summed E-state index contributed by atoms with van der Waals surface area (Å²) in [7, 11) is 0. The van der Waals surface area contributed by atoms with Crippen LogP contribution in [0.1, 0.15) is 42.4 Å². The molecule has 0 fully saturated rings. The van der Waals surface area contributed by atoms with Crippen molar-refractivity contribution in [2.75, 3.05) is 0 Å². The first kappa shape index (κ1) is 11.6. The summed E-state index contributed by atoms with van der Waals surface area (Å²) < 4.78 is 14.4. The second kappa shape index (κ2) is 4.16. The fraction of sp³-hybridized carbons (Fsp3) is 0.333. The zero-order chi connectivity index (χ0) is 12.6. The van der Waals surface area contributed by atoms with E-state index in [1.54, 1.807) is 0 Å². The molecule has 0 aliphatic heterocycles. The predicted octanol–water partition coefficient (Wildman–Crippen LogP) is 2.69. The van der Waals surface area contributed by atoms with E-state index in [1.165, 1.54) is 16.5 Å². The van der Waals surface area contributed by atoms with Crippen LogP contribution in [0.2, 0.25) is 0 Å². The Morgan fingerprint density at radius 2 is 2.29 bits per heavy atom. The minimum atomic E-state index is -1.08. The molecule has 0 aliphatic rings. The van der Waals surface area contributed by atoms with E-state index in [2.05, 4.69) is 4.98 Å². The Balaban J connectivity index is 2.76. The van der Waals surface area contributed by atoms with Crippen molar-refractivity contribution in [3.63, 3.8) is 0 Å². The summed E-state index contributed by atoms with van der Waals surface area (Å²) >= 11 is 0. The molecular weight excluding hydrogens is 223 g/mol. The number of hydrogen-bond donors (Lipinski definition) is 1. The van der Waals surface area contributed by atoms with Gasteiger partial charge < -0.3 is 5.11 Å². The molecule has 1 unspecified atom stereocenters. The predicted molar refractivity (Wildman–Crippen MR) is 60.8 cm³/mol. The van der Waals surface area contributed by atoms with E-state index in [4.69, 9.17) is 0 Å². The molecule has 17 heavy (non-hydrogen) atoms. The first-order chi connectivity index (χ1) is 8.04. The highest BCUT2D eigenvalue weighted by atomic mass is 19.1. The molecule has 90 valence electrons. The second-order valence-corrected chi connectivity index (χ2v) is 4.04. The van der Waals surface area contributed by atoms with Crippen LogP contribution in [0.5, 0.6) is 0 Å². The van der Waals surface area contributed by atoms with E-state index in [0.29, 0.717) is 11.3 Å². The average molecular weight is 236 g/mol. The Kier molecular flexibility index (Phi) is 2.83. The third kappa shape index (κ3) is 1.88. The molecular formula is C12H13FN2O2. The molecule has 2 aromatic heterocycles. The van der Waals surface area contributed by atoms with Gasteiger partial charge in [0.25, 0.3) is 0 Å². The van der Waals surface area contributed by atoms with Crippen molar-refractivity contribution in [2.24, 2.45) is 0 Å². The molecule has 2 rings (SSSR count). The van der Waals surface area contributed by atoms with Gasteiger partial charge in [-0.05, 0) is 18.6 Å². The quantitative estimate of drug-likeness (QED) is 0.891. The fourth-order valence-corrected chi connectivity index (χ4v) is 1.79. The maximum Gasteiger partial charge on any atom is 0.354 e. The number of carbonyl (C=O) groups is 1. The largest absolute Gasteiger partial charge is 0.477 e. The van der Waals surface area contributed by atoms with Gasteiger partial charge in [-0.3, -0.25) is 4.40 Å². The van der Waals surface area contributed by atoms with Gasteiger partial charge >= 0.3 is 5.97 Å². The molecule has 0 radical (unpaired) electrons. The molecule has 0 saturated heterocycles. The van der Waals surface area contributed by atoms with E-state index in [-0.39, 0.29) is 11.6 Å². The Morgan fingerprint density at radius 1 is 1.59 bits per heavy atom. The average Bonchev–Trinajstić information content (AvgIpc) is 2.66. The smallest absolute Gasteiger partial charge is 0.354 e. The number of carboxylic acid groups (broad SMARTS) is 1. The lowest BCUT2D eigenvalue weighted by molar-refractivity contribution is 0.0687. The van der Waals surface area contributed by atoms with Crippen molar-refractivity contribution >= 4 is 11.6 Å². The summed E-state index contributed by atoms with van der Waals surface area (Å²) in [6, 6.07) is 2.75. The van der Waals surface area contributed by atoms with Gasteiger partial charge in [-0.25, -0.2) is 14.2 Å². The second-order valence-electron chi connectivity index (χ2n) is 4.04. The van der Waals surface area contributed by atoms with Crippen LogP contribution in [-0.2, 0) is 0 Å². The highest BCUT2D eigenvalue weighted by Gasteiger charge is 2.22. The van der Waals surface area contributed by atoms with Gasteiger partial charge in [0.15, 0.2) is 5.69 Å². The molecule has 0 aliphatic carbocycles. The lowest BCUT2D eigenvalue weighted by Crippen LogP contribution is -2.07. The summed E-state index contributed by atoms with van der Waals surface area (Å²) in [4.78, 5) is 15.5.